The SMILES string of the molecule is CN(CC1CCCCO1)CC1(C(=O)O)CCOCC1. The van der Waals surface area contributed by atoms with Crippen LogP contribution < -0.4 is 0 Å². The Morgan fingerprint density at radius 1 is 1.32 bits per heavy atom. The quantitative estimate of drug-likeness (QED) is 0.818. The van der Waals surface area contributed by atoms with Crippen molar-refractivity contribution in [3.63, 3.8) is 0 Å². The highest BCUT2D eigenvalue weighted by molar-refractivity contribution is 5.75. The lowest BCUT2D eigenvalue weighted by molar-refractivity contribution is -0.156. The first-order chi connectivity index (χ1) is 9.12. The number of ether oxygens (including phenoxy) is 2. The Balaban J connectivity index is 1.87. The molecule has 19 heavy (non-hydrogen) atoms. The summed E-state index contributed by atoms with van der Waals surface area (Å²) >= 11 is 0. The van der Waals surface area contributed by atoms with Crippen molar-refractivity contribution < 1.29 is 19.4 Å². The van der Waals surface area contributed by atoms with E-state index in [2.05, 4.69) is 4.90 Å². The summed E-state index contributed by atoms with van der Waals surface area (Å²) in [6.07, 6.45) is 4.95. The molecule has 1 atom stereocenters. The van der Waals surface area contributed by atoms with Crippen LogP contribution in [0.5, 0.6) is 0 Å². The fourth-order valence-corrected chi connectivity index (χ4v) is 3.08. The van der Waals surface area contributed by atoms with E-state index < -0.39 is 11.4 Å². The van der Waals surface area contributed by atoms with Crippen molar-refractivity contribution in [3.05, 3.63) is 0 Å². The van der Waals surface area contributed by atoms with Crippen molar-refractivity contribution in [2.75, 3.05) is 40.0 Å². The van der Waals surface area contributed by atoms with Crippen LogP contribution >= 0.6 is 0 Å². The van der Waals surface area contributed by atoms with E-state index in [1.54, 1.807) is 0 Å². The molecule has 0 aromatic carbocycles. The molecule has 2 heterocycles. The lowest BCUT2D eigenvalue weighted by atomic mass is 9.79. The summed E-state index contributed by atoms with van der Waals surface area (Å²) in [5.74, 6) is -0.688. The fraction of sp³-hybridized carbons (Fsp3) is 0.929. The van der Waals surface area contributed by atoms with Crippen LogP contribution in [-0.4, -0.2) is 62.0 Å². The smallest absolute Gasteiger partial charge is 0.311 e. The van der Waals surface area contributed by atoms with E-state index in [4.69, 9.17) is 9.47 Å². The van der Waals surface area contributed by atoms with Gasteiger partial charge in [0.1, 0.15) is 0 Å². The molecule has 0 aromatic heterocycles. The van der Waals surface area contributed by atoms with E-state index in [1.165, 1.54) is 6.42 Å². The van der Waals surface area contributed by atoms with E-state index in [0.29, 0.717) is 32.6 Å². The second kappa shape index (κ2) is 6.68. The van der Waals surface area contributed by atoms with Crippen molar-refractivity contribution >= 4 is 5.97 Å². The Kier molecular flexibility index (Phi) is 5.19. The first kappa shape index (κ1) is 14.8. The Morgan fingerprint density at radius 3 is 2.63 bits per heavy atom. The van der Waals surface area contributed by atoms with Gasteiger partial charge in [0, 0.05) is 32.9 Å². The molecule has 5 heteroatoms. The number of aliphatic carboxylic acids is 1. The summed E-state index contributed by atoms with van der Waals surface area (Å²) in [6.45, 7) is 3.37. The highest BCUT2D eigenvalue weighted by atomic mass is 16.5. The van der Waals surface area contributed by atoms with Gasteiger partial charge in [-0.2, -0.15) is 0 Å². The minimum Gasteiger partial charge on any atom is -0.481 e. The van der Waals surface area contributed by atoms with Crippen molar-refractivity contribution in [2.45, 2.75) is 38.2 Å². The summed E-state index contributed by atoms with van der Waals surface area (Å²) in [4.78, 5) is 13.7. The molecule has 2 rings (SSSR count). The van der Waals surface area contributed by atoms with Crippen LogP contribution in [0.3, 0.4) is 0 Å². The Morgan fingerprint density at radius 2 is 2.05 bits per heavy atom. The Bertz CT molecular complexity index is 296. The molecule has 0 saturated carbocycles. The van der Waals surface area contributed by atoms with E-state index >= 15 is 0 Å². The molecular weight excluding hydrogens is 246 g/mol. The zero-order valence-electron chi connectivity index (χ0n) is 11.8. The first-order valence-electron chi connectivity index (χ1n) is 7.24. The molecular formula is C14H25NO4. The van der Waals surface area contributed by atoms with Crippen LogP contribution in [-0.2, 0) is 14.3 Å². The number of hydrogen-bond donors (Lipinski definition) is 1. The van der Waals surface area contributed by atoms with Gasteiger partial charge in [-0.3, -0.25) is 4.79 Å². The monoisotopic (exact) mass is 271 g/mol. The molecule has 2 aliphatic heterocycles. The maximum Gasteiger partial charge on any atom is 0.311 e. The molecule has 0 spiro atoms. The highest BCUT2D eigenvalue weighted by Gasteiger charge is 2.41. The number of likely N-dealkylation sites (N-methyl/N-ethyl adjacent to an activating group) is 1. The third-order valence-corrected chi connectivity index (χ3v) is 4.27. The third kappa shape index (κ3) is 3.91. The largest absolute Gasteiger partial charge is 0.481 e. The molecule has 0 aliphatic carbocycles. The molecule has 110 valence electrons. The van der Waals surface area contributed by atoms with Crippen LogP contribution in [0.1, 0.15) is 32.1 Å². The van der Waals surface area contributed by atoms with Gasteiger partial charge in [0.15, 0.2) is 0 Å². The number of hydrogen-bond acceptors (Lipinski definition) is 4. The van der Waals surface area contributed by atoms with Gasteiger partial charge in [0.2, 0.25) is 0 Å². The molecule has 1 N–H and O–H groups in total. The van der Waals surface area contributed by atoms with Crippen molar-refractivity contribution in [3.8, 4) is 0 Å². The summed E-state index contributed by atoms with van der Waals surface area (Å²) in [6, 6.07) is 0. The van der Waals surface area contributed by atoms with Crippen molar-refractivity contribution in [2.24, 2.45) is 5.41 Å². The van der Waals surface area contributed by atoms with E-state index in [9.17, 15) is 9.90 Å². The van der Waals surface area contributed by atoms with Gasteiger partial charge < -0.3 is 19.5 Å². The molecule has 0 aromatic rings. The van der Waals surface area contributed by atoms with E-state index in [1.807, 2.05) is 7.05 Å². The molecule has 0 amide bonds. The van der Waals surface area contributed by atoms with Crippen LogP contribution in [0.4, 0.5) is 0 Å². The van der Waals surface area contributed by atoms with E-state index in [-0.39, 0.29) is 6.10 Å². The maximum atomic E-state index is 11.6. The van der Waals surface area contributed by atoms with Crippen LogP contribution in [0.2, 0.25) is 0 Å². The lowest BCUT2D eigenvalue weighted by Gasteiger charge is -2.37. The minimum atomic E-state index is -0.688. The summed E-state index contributed by atoms with van der Waals surface area (Å²) in [5, 5.41) is 9.53. The molecule has 2 aliphatic rings. The van der Waals surface area contributed by atoms with Gasteiger partial charge >= 0.3 is 5.97 Å². The van der Waals surface area contributed by atoms with Gasteiger partial charge in [-0.05, 0) is 39.2 Å². The zero-order chi connectivity index (χ0) is 13.7. The molecule has 2 fully saturated rings. The van der Waals surface area contributed by atoms with Crippen LogP contribution in [0.25, 0.3) is 0 Å². The summed E-state index contributed by atoms with van der Waals surface area (Å²) < 4.78 is 11.0. The normalized spacial score (nSPS) is 27.4. The molecule has 2 saturated heterocycles. The topological polar surface area (TPSA) is 59.0 Å². The lowest BCUT2D eigenvalue weighted by Crippen LogP contribution is -2.47. The van der Waals surface area contributed by atoms with Crippen LogP contribution in [0, 0.1) is 5.41 Å². The fourth-order valence-electron chi connectivity index (χ4n) is 3.08. The second-order valence-corrected chi connectivity index (χ2v) is 5.88. The molecule has 5 nitrogen and oxygen atoms in total. The highest BCUT2D eigenvalue weighted by Crippen LogP contribution is 2.32. The number of carboxylic acid groups (broad SMARTS) is 1. The standard InChI is InChI=1S/C14H25NO4/c1-15(10-12-4-2-3-7-19-12)11-14(13(16)17)5-8-18-9-6-14/h12H,2-11H2,1H3,(H,16,17). The number of carboxylic acids is 1. The van der Waals surface area contributed by atoms with E-state index in [0.717, 1.165) is 26.0 Å². The Labute approximate surface area is 114 Å². The van der Waals surface area contributed by atoms with Crippen molar-refractivity contribution in [1.29, 1.82) is 0 Å². The number of carbonyl (C=O) groups is 1. The number of rotatable bonds is 5. The summed E-state index contributed by atoms with van der Waals surface area (Å²) in [5.41, 5.74) is -0.637. The van der Waals surface area contributed by atoms with Gasteiger partial charge in [-0.15, -0.1) is 0 Å². The van der Waals surface area contributed by atoms with Gasteiger partial charge in [0.25, 0.3) is 0 Å². The first-order valence-corrected chi connectivity index (χ1v) is 7.24. The zero-order valence-corrected chi connectivity index (χ0v) is 11.8. The maximum absolute atomic E-state index is 11.6. The molecule has 1 unspecified atom stereocenters. The predicted octanol–water partition coefficient (Wildman–Crippen LogP) is 1.37. The minimum absolute atomic E-state index is 0.268. The third-order valence-electron chi connectivity index (χ3n) is 4.27. The number of nitrogens with zero attached hydrogens (tertiary/aromatic N) is 1. The van der Waals surface area contributed by atoms with Crippen LogP contribution in [0.15, 0.2) is 0 Å². The van der Waals surface area contributed by atoms with Crippen molar-refractivity contribution in [1.82, 2.24) is 4.90 Å². The Hall–Kier alpha value is -0.650. The second-order valence-electron chi connectivity index (χ2n) is 5.88. The molecule has 0 bridgehead atoms. The van der Waals surface area contributed by atoms with Gasteiger partial charge in [-0.1, -0.05) is 0 Å². The van der Waals surface area contributed by atoms with Gasteiger partial charge in [-0.25, -0.2) is 0 Å². The predicted molar refractivity (Wildman–Crippen MR) is 71.2 cm³/mol. The van der Waals surface area contributed by atoms with Gasteiger partial charge in [0.05, 0.1) is 11.5 Å². The molecule has 0 radical (unpaired) electrons. The summed E-state index contributed by atoms with van der Waals surface area (Å²) in [7, 11) is 2.00. The average molecular weight is 271 g/mol. The average Bonchev–Trinajstić information content (AvgIpc) is 2.40.